The molecule has 1 aromatic heterocycles. The largest absolute Gasteiger partial charge is 0.444 e. The first-order valence-corrected chi connectivity index (χ1v) is 22.9. The Morgan fingerprint density at radius 1 is 0.953 bits per heavy atom. The number of aromatic nitrogens is 1. The molecule has 3 aromatic rings. The van der Waals surface area contributed by atoms with E-state index < -0.39 is 23.5 Å². The van der Waals surface area contributed by atoms with Crippen molar-refractivity contribution in [3.05, 3.63) is 82.6 Å². The molecule has 3 heterocycles. The Labute approximate surface area is 383 Å². The van der Waals surface area contributed by atoms with Gasteiger partial charge in [-0.3, -0.25) is 19.3 Å². The molecular formula is C48H68ClN7O8. The van der Waals surface area contributed by atoms with Gasteiger partial charge in [-0.1, -0.05) is 54.9 Å². The summed E-state index contributed by atoms with van der Waals surface area (Å²) in [5, 5.41) is 6.40. The molecule has 0 radical (unpaired) electrons. The first-order valence-electron chi connectivity index (χ1n) is 22.6. The lowest BCUT2D eigenvalue weighted by Gasteiger charge is -2.33. The van der Waals surface area contributed by atoms with E-state index in [9.17, 15) is 19.2 Å². The summed E-state index contributed by atoms with van der Waals surface area (Å²) >= 11 is 6.01. The van der Waals surface area contributed by atoms with Crippen LogP contribution >= 0.6 is 11.6 Å². The number of pyridine rings is 1. The topological polar surface area (TPSA) is 178 Å². The van der Waals surface area contributed by atoms with Crippen LogP contribution in [-0.2, 0) is 35.0 Å². The Balaban J connectivity index is 1.05. The van der Waals surface area contributed by atoms with Crippen LogP contribution in [0.3, 0.4) is 0 Å². The molecule has 0 saturated carbocycles. The Kier molecular flexibility index (Phi) is 19.8. The summed E-state index contributed by atoms with van der Waals surface area (Å²) in [6, 6.07) is 17.4. The van der Waals surface area contributed by atoms with Crippen molar-refractivity contribution in [1.29, 1.82) is 0 Å². The number of carbonyl (C=O) groups excluding carboxylic acids is 4. The van der Waals surface area contributed by atoms with Gasteiger partial charge in [0.1, 0.15) is 12.1 Å². The molecule has 2 aliphatic heterocycles. The molecule has 1 unspecified atom stereocenters. The van der Waals surface area contributed by atoms with Crippen LogP contribution in [0.15, 0.2) is 60.8 Å². The Hall–Kier alpha value is -4.64. The third-order valence-corrected chi connectivity index (χ3v) is 11.6. The maximum absolute atomic E-state index is 13.7. The summed E-state index contributed by atoms with van der Waals surface area (Å²) in [5.74, 6) is -1.18. The molecule has 5 rings (SSSR count). The SMILES string of the molecule is CCc1cccc(-c2cnc(C(=O)NCCOCCOCCOC3CCN(CC[C@H](N)c4ccc(Cl)cc4)CC3)c(NC(=O)CN(CC3CCN(C)C(=O)C3)C(=O)OC(C)(C)C)c2)c1. The fourth-order valence-corrected chi connectivity index (χ4v) is 7.78. The lowest BCUT2D eigenvalue weighted by atomic mass is 9.96. The Bertz CT molecular complexity index is 1970. The minimum Gasteiger partial charge on any atom is -0.444 e. The van der Waals surface area contributed by atoms with Gasteiger partial charge in [-0.05, 0) is 100 Å². The summed E-state index contributed by atoms with van der Waals surface area (Å²) in [6.07, 6.45) is 5.78. The molecule has 0 aliphatic carbocycles. The van der Waals surface area contributed by atoms with Gasteiger partial charge in [0.05, 0.1) is 44.8 Å². The zero-order valence-electron chi connectivity index (χ0n) is 38.2. The van der Waals surface area contributed by atoms with E-state index in [1.54, 1.807) is 45.0 Å². The minimum absolute atomic E-state index is 0.00996. The zero-order valence-corrected chi connectivity index (χ0v) is 39.0. The summed E-state index contributed by atoms with van der Waals surface area (Å²) in [6.45, 7) is 12.7. The lowest BCUT2D eigenvalue weighted by Crippen LogP contribution is -2.46. The molecule has 2 fully saturated rings. The first kappa shape index (κ1) is 50.4. The molecule has 4 amide bonds. The van der Waals surface area contributed by atoms with E-state index in [1.807, 2.05) is 48.5 Å². The fourth-order valence-electron chi connectivity index (χ4n) is 7.65. The Morgan fingerprint density at radius 3 is 2.38 bits per heavy atom. The first-order chi connectivity index (χ1) is 30.7. The summed E-state index contributed by atoms with van der Waals surface area (Å²) in [4.78, 5) is 63.0. The van der Waals surface area contributed by atoms with Crippen LogP contribution in [-0.4, -0.2) is 141 Å². The molecular weight excluding hydrogens is 838 g/mol. The highest BCUT2D eigenvalue weighted by Gasteiger charge is 2.31. The number of amides is 4. The molecule has 64 heavy (non-hydrogen) atoms. The molecule has 350 valence electrons. The van der Waals surface area contributed by atoms with Gasteiger partial charge in [0, 0.05) is 69.0 Å². The van der Waals surface area contributed by atoms with Gasteiger partial charge in [-0.15, -0.1) is 0 Å². The maximum atomic E-state index is 13.7. The van der Waals surface area contributed by atoms with E-state index in [1.165, 1.54) is 4.90 Å². The van der Waals surface area contributed by atoms with Crippen LogP contribution in [0.5, 0.6) is 0 Å². The second kappa shape index (κ2) is 25.2. The van der Waals surface area contributed by atoms with E-state index in [0.29, 0.717) is 50.0 Å². The fraction of sp³-hybridized carbons (Fsp3) is 0.562. The van der Waals surface area contributed by atoms with Crippen molar-refractivity contribution in [2.24, 2.45) is 11.7 Å². The van der Waals surface area contributed by atoms with Crippen LogP contribution < -0.4 is 16.4 Å². The predicted octanol–water partition coefficient (Wildman–Crippen LogP) is 6.34. The molecule has 0 spiro atoms. The molecule has 2 atom stereocenters. The maximum Gasteiger partial charge on any atom is 0.410 e. The predicted molar refractivity (Wildman–Crippen MR) is 248 cm³/mol. The van der Waals surface area contributed by atoms with Crippen LogP contribution in [0.4, 0.5) is 10.5 Å². The average molecular weight is 907 g/mol. The number of rotatable bonds is 22. The van der Waals surface area contributed by atoms with Crippen molar-refractivity contribution in [2.45, 2.75) is 84.0 Å². The van der Waals surface area contributed by atoms with Gasteiger partial charge < -0.3 is 45.1 Å². The zero-order chi connectivity index (χ0) is 46.1. The average Bonchev–Trinajstić information content (AvgIpc) is 3.27. The molecule has 4 N–H and O–H groups in total. The molecule has 2 aliphatic rings. The van der Waals surface area contributed by atoms with E-state index in [2.05, 4.69) is 27.4 Å². The normalized spacial score (nSPS) is 16.6. The van der Waals surface area contributed by atoms with Gasteiger partial charge in [0.15, 0.2) is 5.69 Å². The smallest absolute Gasteiger partial charge is 0.410 e. The van der Waals surface area contributed by atoms with E-state index in [4.69, 9.17) is 36.3 Å². The number of likely N-dealkylation sites (tertiary alicyclic amines) is 2. The summed E-state index contributed by atoms with van der Waals surface area (Å²) in [5.41, 5.74) is 9.61. The minimum atomic E-state index is -0.799. The van der Waals surface area contributed by atoms with Crippen LogP contribution in [0.2, 0.25) is 5.02 Å². The highest BCUT2D eigenvalue weighted by Crippen LogP contribution is 2.27. The van der Waals surface area contributed by atoms with Crippen molar-refractivity contribution in [1.82, 2.24) is 25.0 Å². The van der Waals surface area contributed by atoms with Gasteiger partial charge >= 0.3 is 6.09 Å². The quantitative estimate of drug-likeness (QED) is 0.0959. The third-order valence-electron chi connectivity index (χ3n) is 11.3. The monoisotopic (exact) mass is 905 g/mol. The number of carbonyl (C=O) groups is 4. The number of hydrogen-bond donors (Lipinski definition) is 3. The second-order valence-electron chi connectivity index (χ2n) is 17.6. The number of halogens is 1. The number of ether oxygens (including phenoxy) is 4. The highest BCUT2D eigenvalue weighted by molar-refractivity contribution is 6.30. The molecule has 15 nitrogen and oxygen atoms in total. The van der Waals surface area contributed by atoms with E-state index in [0.717, 1.165) is 62.0 Å². The van der Waals surface area contributed by atoms with E-state index in [-0.39, 0.29) is 68.0 Å². The van der Waals surface area contributed by atoms with Crippen molar-refractivity contribution in [3.63, 3.8) is 0 Å². The van der Waals surface area contributed by atoms with Crippen LogP contribution in [0.1, 0.15) is 87.5 Å². The molecule has 16 heteroatoms. The van der Waals surface area contributed by atoms with Crippen molar-refractivity contribution in [3.8, 4) is 11.1 Å². The van der Waals surface area contributed by atoms with Crippen molar-refractivity contribution in [2.75, 3.05) is 91.2 Å². The second-order valence-corrected chi connectivity index (χ2v) is 18.0. The molecule has 0 bridgehead atoms. The number of piperidine rings is 2. The van der Waals surface area contributed by atoms with Crippen LogP contribution in [0.25, 0.3) is 11.1 Å². The van der Waals surface area contributed by atoms with Crippen molar-refractivity contribution < 1.29 is 38.1 Å². The number of nitrogens with zero attached hydrogens (tertiary/aromatic N) is 4. The van der Waals surface area contributed by atoms with Gasteiger partial charge in [-0.25, -0.2) is 9.78 Å². The summed E-state index contributed by atoms with van der Waals surface area (Å²) in [7, 11) is 1.75. The number of aryl methyl sites for hydroxylation is 1. The van der Waals surface area contributed by atoms with Gasteiger partial charge in [-0.2, -0.15) is 0 Å². The third kappa shape index (κ3) is 16.7. The molecule has 2 saturated heterocycles. The van der Waals surface area contributed by atoms with Gasteiger partial charge in [0.2, 0.25) is 11.8 Å². The van der Waals surface area contributed by atoms with Gasteiger partial charge in [0.25, 0.3) is 5.91 Å². The number of nitrogens with one attached hydrogen (secondary N) is 2. The molecule has 2 aromatic carbocycles. The number of anilines is 1. The van der Waals surface area contributed by atoms with E-state index >= 15 is 0 Å². The van der Waals surface area contributed by atoms with Crippen LogP contribution in [0, 0.1) is 5.92 Å². The van der Waals surface area contributed by atoms with Crippen molar-refractivity contribution >= 4 is 41.1 Å². The highest BCUT2D eigenvalue weighted by atomic mass is 35.5. The number of hydrogen-bond acceptors (Lipinski definition) is 11. The lowest BCUT2D eigenvalue weighted by molar-refractivity contribution is -0.133. The standard InChI is InChI=1S/C48H68ClN7O8/c1-6-34-8-7-9-37(28-34)38-30-42(53-43(57)33-56(47(60)64-48(2,3)4)32-35-14-19-54(5)44(58)29-35)45(52-31-38)46(59)51-18-23-61-24-25-62-26-27-63-40-15-20-55(21-16-40)22-17-41(50)36-10-12-39(49)13-11-36/h7-13,28,30-31,35,40-41H,6,14-27,29,32-33,50H2,1-5H3,(H,51,59)(H,53,57)/t35?,41-/m0/s1. The Morgan fingerprint density at radius 2 is 1.67 bits per heavy atom. The number of benzene rings is 2. The summed E-state index contributed by atoms with van der Waals surface area (Å²) < 4.78 is 23.1. The number of nitrogens with two attached hydrogens (primary N) is 1.